The maximum Gasteiger partial charge on any atom is 0.0642 e. The zero-order valence-corrected chi connectivity index (χ0v) is 11.8. The van der Waals surface area contributed by atoms with Crippen LogP contribution < -0.4 is 10.2 Å². The van der Waals surface area contributed by atoms with Gasteiger partial charge in [-0.3, -0.25) is 0 Å². The van der Waals surface area contributed by atoms with Crippen LogP contribution in [0, 0.1) is 0 Å². The van der Waals surface area contributed by atoms with Gasteiger partial charge in [-0.2, -0.15) is 0 Å². The molecule has 0 spiro atoms. The van der Waals surface area contributed by atoms with Crippen LogP contribution in [0.2, 0.25) is 5.02 Å². The van der Waals surface area contributed by atoms with Gasteiger partial charge in [-0.1, -0.05) is 37.1 Å². The number of para-hydroxylation sites is 1. The summed E-state index contributed by atoms with van der Waals surface area (Å²) in [4.78, 5) is 2.37. The second-order valence-electron chi connectivity index (χ2n) is 4.21. The summed E-state index contributed by atoms with van der Waals surface area (Å²) < 4.78 is 0. The summed E-state index contributed by atoms with van der Waals surface area (Å²) in [6, 6.07) is 6.14. The average molecular weight is 255 g/mol. The van der Waals surface area contributed by atoms with Crippen LogP contribution in [0.5, 0.6) is 0 Å². The van der Waals surface area contributed by atoms with Crippen molar-refractivity contribution in [2.45, 2.75) is 33.2 Å². The quantitative estimate of drug-likeness (QED) is 0.799. The standard InChI is InChI=1S/C14H23ClN2/c1-4-6-10-17(5-2)14-12(11-16-3)8-7-9-13(14)15/h7-9,16H,4-6,10-11H2,1-3H3. The fraction of sp³-hybridized carbons (Fsp3) is 0.571. The van der Waals surface area contributed by atoms with E-state index in [2.05, 4.69) is 30.1 Å². The smallest absolute Gasteiger partial charge is 0.0642 e. The lowest BCUT2D eigenvalue weighted by Gasteiger charge is -2.26. The molecule has 0 fully saturated rings. The molecule has 96 valence electrons. The lowest BCUT2D eigenvalue weighted by Crippen LogP contribution is -2.26. The van der Waals surface area contributed by atoms with E-state index in [1.165, 1.54) is 24.1 Å². The monoisotopic (exact) mass is 254 g/mol. The van der Waals surface area contributed by atoms with Crippen molar-refractivity contribution >= 4 is 17.3 Å². The summed E-state index contributed by atoms with van der Waals surface area (Å²) >= 11 is 6.35. The molecule has 0 aromatic heterocycles. The molecule has 0 aliphatic rings. The maximum absolute atomic E-state index is 6.35. The number of rotatable bonds is 7. The normalized spacial score (nSPS) is 10.6. The molecule has 0 aliphatic heterocycles. The molecule has 0 unspecified atom stereocenters. The van der Waals surface area contributed by atoms with Gasteiger partial charge < -0.3 is 10.2 Å². The Hall–Kier alpha value is -0.730. The molecule has 1 rings (SSSR count). The first-order valence-electron chi connectivity index (χ1n) is 6.41. The van der Waals surface area contributed by atoms with Crippen molar-refractivity contribution in [2.24, 2.45) is 0 Å². The first-order chi connectivity index (χ1) is 8.24. The molecule has 17 heavy (non-hydrogen) atoms. The van der Waals surface area contributed by atoms with Gasteiger partial charge in [0.2, 0.25) is 0 Å². The molecule has 0 saturated carbocycles. The SMILES string of the molecule is CCCCN(CC)c1c(Cl)cccc1CNC. The van der Waals surface area contributed by atoms with Crippen LogP contribution in [0.15, 0.2) is 18.2 Å². The third-order valence-corrected chi connectivity index (χ3v) is 3.22. The first-order valence-corrected chi connectivity index (χ1v) is 6.79. The van der Waals surface area contributed by atoms with Gasteiger partial charge in [0.05, 0.1) is 10.7 Å². The molecular weight excluding hydrogens is 232 g/mol. The zero-order valence-electron chi connectivity index (χ0n) is 11.1. The molecule has 1 N–H and O–H groups in total. The van der Waals surface area contributed by atoms with Crippen molar-refractivity contribution in [1.82, 2.24) is 5.32 Å². The highest BCUT2D eigenvalue weighted by atomic mass is 35.5. The van der Waals surface area contributed by atoms with E-state index in [4.69, 9.17) is 11.6 Å². The van der Waals surface area contributed by atoms with Gasteiger partial charge in [0, 0.05) is 19.6 Å². The number of hydrogen-bond acceptors (Lipinski definition) is 2. The van der Waals surface area contributed by atoms with Gasteiger partial charge >= 0.3 is 0 Å². The van der Waals surface area contributed by atoms with Gasteiger partial charge in [0.1, 0.15) is 0 Å². The lowest BCUT2D eigenvalue weighted by atomic mass is 10.1. The second kappa shape index (κ2) is 7.57. The molecule has 0 atom stereocenters. The van der Waals surface area contributed by atoms with Gasteiger partial charge in [0.25, 0.3) is 0 Å². The Morgan fingerprint density at radius 2 is 2.06 bits per heavy atom. The fourth-order valence-electron chi connectivity index (χ4n) is 2.02. The number of nitrogens with one attached hydrogen (secondary N) is 1. The number of unbranched alkanes of at least 4 members (excludes halogenated alkanes) is 1. The summed E-state index contributed by atoms with van der Waals surface area (Å²) in [5.74, 6) is 0. The molecule has 1 aromatic carbocycles. The van der Waals surface area contributed by atoms with Crippen molar-refractivity contribution in [3.63, 3.8) is 0 Å². The van der Waals surface area contributed by atoms with Crippen LogP contribution in [0.25, 0.3) is 0 Å². The van der Waals surface area contributed by atoms with E-state index < -0.39 is 0 Å². The highest BCUT2D eigenvalue weighted by Gasteiger charge is 2.12. The van der Waals surface area contributed by atoms with E-state index in [0.29, 0.717) is 0 Å². The van der Waals surface area contributed by atoms with Gasteiger partial charge in [-0.15, -0.1) is 0 Å². The Bertz CT molecular complexity index is 339. The topological polar surface area (TPSA) is 15.3 Å². The van der Waals surface area contributed by atoms with Crippen LogP contribution in [0.3, 0.4) is 0 Å². The van der Waals surface area contributed by atoms with E-state index in [0.717, 1.165) is 24.7 Å². The Kier molecular flexibility index (Phi) is 6.38. The molecule has 0 amide bonds. The highest BCUT2D eigenvalue weighted by molar-refractivity contribution is 6.33. The van der Waals surface area contributed by atoms with Crippen molar-refractivity contribution < 1.29 is 0 Å². The Morgan fingerprint density at radius 3 is 2.65 bits per heavy atom. The van der Waals surface area contributed by atoms with E-state index >= 15 is 0 Å². The predicted octanol–water partition coefficient (Wildman–Crippen LogP) is 3.69. The summed E-state index contributed by atoms with van der Waals surface area (Å²) in [6.45, 7) is 7.34. The first kappa shape index (κ1) is 14.3. The number of nitrogens with zero attached hydrogens (tertiary/aromatic N) is 1. The summed E-state index contributed by atoms with van der Waals surface area (Å²) in [6.07, 6.45) is 2.42. The number of halogens is 1. The minimum Gasteiger partial charge on any atom is -0.370 e. The highest BCUT2D eigenvalue weighted by Crippen LogP contribution is 2.30. The van der Waals surface area contributed by atoms with E-state index in [-0.39, 0.29) is 0 Å². The Labute approximate surface area is 110 Å². The number of benzene rings is 1. The third kappa shape index (κ3) is 3.90. The van der Waals surface area contributed by atoms with Crippen molar-refractivity contribution in [1.29, 1.82) is 0 Å². The largest absolute Gasteiger partial charge is 0.370 e. The average Bonchev–Trinajstić information content (AvgIpc) is 2.33. The summed E-state index contributed by atoms with van der Waals surface area (Å²) in [7, 11) is 1.97. The molecule has 0 aliphatic carbocycles. The molecular formula is C14H23ClN2. The number of anilines is 1. The predicted molar refractivity (Wildman–Crippen MR) is 77.0 cm³/mol. The molecule has 3 heteroatoms. The van der Waals surface area contributed by atoms with Crippen LogP contribution in [-0.2, 0) is 6.54 Å². The fourth-order valence-corrected chi connectivity index (χ4v) is 2.34. The van der Waals surface area contributed by atoms with Crippen LogP contribution in [0.4, 0.5) is 5.69 Å². The van der Waals surface area contributed by atoms with Gasteiger partial charge in [0.15, 0.2) is 0 Å². The van der Waals surface area contributed by atoms with E-state index in [9.17, 15) is 0 Å². The molecule has 0 radical (unpaired) electrons. The van der Waals surface area contributed by atoms with Crippen LogP contribution in [0.1, 0.15) is 32.3 Å². The Balaban J connectivity index is 2.98. The lowest BCUT2D eigenvalue weighted by molar-refractivity contribution is 0.723. The molecule has 0 bridgehead atoms. The molecule has 1 aromatic rings. The minimum absolute atomic E-state index is 0.857. The van der Waals surface area contributed by atoms with Gasteiger partial charge in [-0.05, 0) is 32.0 Å². The molecule has 2 nitrogen and oxygen atoms in total. The second-order valence-corrected chi connectivity index (χ2v) is 4.62. The van der Waals surface area contributed by atoms with E-state index in [1.807, 2.05) is 19.2 Å². The van der Waals surface area contributed by atoms with Crippen LogP contribution >= 0.6 is 11.6 Å². The minimum atomic E-state index is 0.857. The number of hydrogen-bond donors (Lipinski definition) is 1. The van der Waals surface area contributed by atoms with Crippen molar-refractivity contribution in [3.05, 3.63) is 28.8 Å². The Morgan fingerprint density at radius 1 is 1.29 bits per heavy atom. The van der Waals surface area contributed by atoms with Gasteiger partial charge in [-0.25, -0.2) is 0 Å². The van der Waals surface area contributed by atoms with Crippen molar-refractivity contribution in [2.75, 3.05) is 25.0 Å². The summed E-state index contributed by atoms with van der Waals surface area (Å²) in [5, 5.41) is 4.06. The summed E-state index contributed by atoms with van der Waals surface area (Å²) in [5.41, 5.74) is 2.47. The maximum atomic E-state index is 6.35. The van der Waals surface area contributed by atoms with E-state index in [1.54, 1.807) is 0 Å². The van der Waals surface area contributed by atoms with Crippen LogP contribution in [-0.4, -0.2) is 20.1 Å². The molecule has 0 heterocycles. The zero-order chi connectivity index (χ0) is 12.7. The third-order valence-electron chi connectivity index (χ3n) is 2.92. The van der Waals surface area contributed by atoms with Crippen molar-refractivity contribution in [3.8, 4) is 0 Å². The molecule has 0 saturated heterocycles.